The Labute approximate surface area is 205 Å². The van der Waals surface area contributed by atoms with Crippen LogP contribution in [0.3, 0.4) is 0 Å². The number of nitrogens with zero attached hydrogens (tertiary/aromatic N) is 3. The van der Waals surface area contributed by atoms with Crippen molar-refractivity contribution >= 4 is 17.4 Å². The maximum atomic E-state index is 14.7. The minimum Gasteiger partial charge on any atom is -0.474 e. The molecule has 0 unspecified atom stereocenters. The number of amides is 2. The molecule has 4 rings (SSSR count). The van der Waals surface area contributed by atoms with Crippen LogP contribution in [0, 0.1) is 18.7 Å². The van der Waals surface area contributed by atoms with E-state index in [0.717, 1.165) is 4.90 Å². The molecule has 1 atom stereocenters. The summed E-state index contributed by atoms with van der Waals surface area (Å²) in [5.74, 6) is -1.94. The van der Waals surface area contributed by atoms with E-state index in [1.54, 1.807) is 13.1 Å². The van der Waals surface area contributed by atoms with Crippen LogP contribution < -0.4 is 15.0 Å². The summed E-state index contributed by atoms with van der Waals surface area (Å²) in [5, 5.41) is 11.6. The molecule has 196 valence electrons. The van der Waals surface area contributed by atoms with Crippen molar-refractivity contribution in [1.82, 2.24) is 9.88 Å². The van der Waals surface area contributed by atoms with Gasteiger partial charge in [0.25, 0.3) is 0 Å². The third-order valence-electron chi connectivity index (χ3n) is 6.32. The first-order chi connectivity index (χ1) is 17.2. The highest BCUT2D eigenvalue weighted by atomic mass is 19.4. The van der Waals surface area contributed by atoms with Crippen LogP contribution in [0.15, 0.2) is 24.4 Å². The minimum absolute atomic E-state index is 0.0571. The van der Waals surface area contributed by atoms with Crippen molar-refractivity contribution in [1.29, 1.82) is 0 Å². The van der Waals surface area contributed by atoms with Crippen molar-refractivity contribution in [3.8, 4) is 17.0 Å². The average Bonchev–Trinajstić information content (AvgIpc) is 3.36. The number of pyridine rings is 1. The molecule has 8 nitrogen and oxygen atoms in total. The number of likely N-dealkylation sites (tertiary alicyclic amines) is 1. The number of nitrogens with one attached hydrogen (secondary N) is 1. The number of urea groups is 1. The maximum Gasteiger partial charge on any atom is 0.393 e. The van der Waals surface area contributed by atoms with Crippen LogP contribution in [0.4, 0.5) is 33.7 Å². The second-order valence-electron chi connectivity index (χ2n) is 8.77. The van der Waals surface area contributed by atoms with Crippen LogP contribution in [0.25, 0.3) is 11.1 Å². The van der Waals surface area contributed by atoms with Crippen molar-refractivity contribution in [2.45, 2.75) is 19.5 Å². The number of benzene rings is 1. The second kappa shape index (κ2) is 10.9. The fourth-order valence-corrected chi connectivity index (χ4v) is 4.36. The van der Waals surface area contributed by atoms with Crippen molar-refractivity contribution in [2.75, 3.05) is 62.8 Å². The van der Waals surface area contributed by atoms with E-state index in [9.17, 15) is 22.4 Å². The van der Waals surface area contributed by atoms with Crippen molar-refractivity contribution in [3.63, 3.8) is 0 Å². The number of morpholine rings is 1. The zero-order valence-corrected chi connectivity index (χ0v) is 19.8. The molecule has 0 spiro atoms. The second-order valence-corrected chi connectivity index (χ2v) is 8.77. The van der Waals surface area contributed by atoms with Gasteiger partial charge in [0.15, 0.2) is 0 Å². The lowest BCUT2D eigenvalue weighted by atomic mass is 10.00. The molecule has 12 heteroatoms. The van der Waals surface area contributed by atoms with Gasteiger partial charge in [0, 0.05) is 37.9 Å². The Bertz CT molecular complexity index is 1090. The van der Waals surface area contributed by atoms with E-state index in [1.165, 1.54) is 12.1 Å². The van der Waals surface area contributed by atoms with E-state index in [-0.39, 0.29) is 31.9 Å². The molecule has 3 heterocycles. The number of halogens is 4. The first-order valence-electron chi connectivity index (χ1n) is 11.7. The fourth-order valence-electron chi connectivity index (χ4n) is 4.36. The van der Waals surface area contributed by atoms with Gasteiger partial charge in [-0.15, -0.1) is 0 Å². The Morgan fingerprint density at radius 2 is 2.00 bits per heavy atom. The first kappa shape index (κ1) is 26.0. The van der Waals surface area contributed by atoms with Crippen molar-refractivity contribution in [2.24, 2.45) is 5.92 Å². The summed E-state index contributed by atoms with van der Waals surface area (Å²) in [4.78, 5) is 20.1. The summed E-state index contributed by atoms with van der Waals surface area (Å²) < 4.78 is 64.7. The molecule has 2 saturated heterocycles. The summed E-state index contributed by atoms with van der Waals surface area (Å²) in [5.41, 5.74) is 2.37. The number of aliphatic hydroxyl groups is 1. The maximum absolute atomic E-state index is 14.7. The van der Waals surface area contributed by atoms with E-state index < -0.39 is 30.5 Å². The number of hydrogen-bond donors (Lipinski definition) is 2. The summed E-state index contributed by atoms with van der Waals surface area (Å²) in [6, 6.07) is 3.77. The molecular weight excluding hydrogens is 484 g/mol. The first-order valence-corrected chi connectivity index (χ1v) is 11.7. The van der Waals surface area contributed by atoms with Crippen LogP contribution >= 0.6 is 0 Å². The summed E-state index contributed by atoms with van der Waals surface area (Å²) in [6.07, 6.45) is -3.01. The summed E-state index contributed by atoms with van der Waals surface area (Å²) >= 11 is 0. The molecule has 36 heavy (non-hydrogen) atoms. The molecule has 0 radical (unpaired) electrons. The molecule has 2 N–H and O–H groups in total. The van der Waals surface area contributed by atoms with Crippen LogP contribution in [-0.2, 0) is 4.74 Å². The highest BCUT2D eigenvalue weighted by molar-refractivity contribution is 5.91. The monoisotopic (exact) mass is 512 g/mol. The quantitative estimate of drug-likeness (QED) is 0.573. The largest absolute Gasteiger partial charge is 0.474 e. The van der Waals surface area contributed by atoms with E-state index in [1.807, 2.05) is 11.0 Å². The molecular formula is C24H28F4N4O4. The Balaban J connectivity index is 1.60. The van der Waals surface area contributed by atoms with E-state index in [2.05, 4.69) is 10.3 Å². The lowest BCUT2D eigenvalue weighted by molar-refractivity contribution is -0.169. The topological polar surface area (TPSA) is 87.2 Å². The minimum atomic E-state index is -4.38. The third kappa shape index (κ3) is 5.81. The molecule has 0 saturated carbocycles. The highest BCUT2D eigenvalue weighted by Gasteiger charge is 2.44. The predicted molar refractivity (Wildman–Crippen MR) is 125 cm³/mol. The molecule has 2 aliphatic heterocycles. The third-order valence-corrected chi connectivity index (χ3v) is 6.32. The Morgan fingerprint density at radius 3 is 2.67 bits per heavy atom. The fraction of sp³-hybridized carbons (Fsp3) is 0.500. The predicted octanol–water partition coefficient (Wildman–Crippen LogP) is 3.82. The smallest absolute Gasteiger partial charge is 0.393 e. The SMILES string of the molecule is Cc1cc(F)c(NC(=O)N2CC[C@H](C(F)(F)F)C2)cc1-c1cnc(OCCO)c(N2CCOCC2)c1. The van der Waals surface area contributed by atoms with Crippen LogP contribution in [0.1, 0.15) is 12.0 Å². The van der Waals surface area contributed by atoms with Gasteiger partial charge in [-0.3, -0.25) is 0 Å². The van der Waals surface area contributed by atoms with Gasteiger partial charge in [-0.25, -0.2) is 14.2 Å². The number of anilines is 2. The molecule has 0 aliphatic carbocycles. The number of carbonyl (C=O) groups is 1. The zero-order chi connectivity index (χ0) is 25.9. The lowest BCUT2D eigenvalue weighted by Gasteiger charge is -2.30. The lowest BCUT2D eigenvalue weighted by Crippen LogP contribution is -2.36. The standard InChI is InChI=1S/C24H28F4N4O4/c1-15-10-19(25)20(30-23(34)32-3-2-17(14-32)24(26,27)28)12-18(15)16-11-21(31-4-7-35-8-5-31)22(29-13-16)36-9-6-33/h10-13,17,33H,2-9,14H2,1H3,(H,30,34)/t17-/m0/s1. The van der Waals surface area contributed by atoms with Gasteiger partial charge >= 0.3 is 12.2 Å². The van der Waals surface area contributed by atoms with Gasteiger partial charge in [0.1, 0.15) is 18.1 Å². The van der Waals surface area contributed by atoms with Gasteiger partial charge in [0.2, 0.25) is 5.88 Å². The number of alkyl halides is 3. The summed E-state index contributed by atoms with van der Waals surface area (Å²) in [7, 11) is 0. The Kier molecular flexibility index (Phi) is 7.84. The highest BCUT2D eigenvalue weighted by Crippen LogP contribution is 2.36. The van der Waals surface area contributed by atoms with Gasteiger partial charge < -0.3 is 29.7 Å². The number of rotatable bonds is 6. The number of aliphatic hydroxyl groups excluding tert-OH is 1. The van der Waals surface area contributed by atoms with Crippen LogP contribution in [0.5, 0.6) is 5.88 Å². The van der Waals surface area contributed by atoms with Gasteiger partial charge in [-0.05, 0) is 42.7 Å². The van der Waals surface area contributed by atoms with Crippen molar-refractivity contribution in [3.05, 3.63) is 35.8 Å². The molecule has 2 amide bonds. The average molecular weight is 513 g/mol. The van der Waals surface area contributed by atoms with Crippen molar-refractivity contribution < 1.29 is 36.9 Å². The van der Waals surface area contributed by atoms with Crippen LogP contribution in [-0.4, -0.2) is 79.8 Å². The van der Waals surface area contributed by atoms with E-state index in [0.29, 0.717) is 54.6 Å². The number of carbonyl (C=O) groups excluding carboxylic acids is 1. The summed E-state index contributed by atoms with van der Waals surface area (Å²) in [6.45, 7) is 3.37. The van der Waals surface area contributed by atoms with Gasteiger partial charge in [-0.2, -0.15) is 13.2 Å². The molecule has 0 bridgehead atoms. The molecule has 1 aromatic carbocycles. The van der Waals surface area contributed by atoms with E-state index in [4.69, 9.17) is 14.6 Å². The van der Waals surface area contributed by atoms with E-state index >= 15 is 0 Å². The zero-order valence-electron chi connectivity index (χ0n) is 19.8. The molecule has 2 aliphatic rings. The normalized spacial score (nSPS) is 18.4. The number of aryl methyl sites for hydroxylation is 1. The van der Waals surface area contributed by atoms with Gasteiger partial charge in [0.05, 0.1) is 31.4 Å². The number of hydrogen-bond acceptors (Lipinski definition) is 6. The van der Waals surface area contributed by atoms with Gasteiger partial charge in [-0.1, -0.05) is 0 Å². The molecule has 1 aromatic heterocycles. The number of aromatic nitrogens is 1. The number of ether oxygens (including phenoxy) is 2. The molecule has 2 aromatic rings. The Morgan fingerprint density at radius 1 is 1.25 bits per heavy atom. The van der Waals surface area contributed by atoms with Crippen LogP contribution in [0.2, 0.25) is 0 Å². The Hall–Kier alpha value is -3.12. The molecule has 2 fully saturated rings.